The van der Waals surface area contributed by atoms with Gasteiger partial charge in [0.1, 0.15) is 11.4 Å². The minimum absolute atomic E-state index is 0.150. The number of rotatable bonds is 3. The minimum atomic E-state index is -0.541. The van der Waals surface area contributed by atoms with Gasteiger partial charge < -0.3 is 14.4 Å². The van der Waals surface area contributed by atoms with E-state index < -0.39 is 11.6 Å². The fourth-order valence-electron chi connectivity index (χ4n) is 3.45. The molecule has 1 atom stereocenters. The lowest BCUT2D eigenvalue weighted by molar-refractivity contribution is -0.123. The molecular weight excluding hydrogens is 362 g/mol. The van der Waals surface area contributed by atoms with Gasteiger partial charge in [-0.3, -0.25) is 14.5 Å². The number of hydrogen-bond donors (Lipinski definition) is 0. The number of carbonyl (C=O) groups excluding carboxylic acids is 3. The van der Waals surface area contributed by atoms with E-state index in [-0.39, 0.29) is 24.3 Å². The highest BCUT2D eigenvalue weighted by atomic mass is 16.6. The Kier molecular flexibility index (Phi) is 5.60. The zero-order valence-corrected chi connectivity index (χ0v) is 16.8. The maximum atomic E-state index is 12.9. The van der Waals surface area contributed by atoms with Gasteiger partial charge in [-0.25, -0.2) is 9.69 Å². The van der Waals surface area contributed by atoms with Crippen LogP contribution >= 0.6 is 0 Å². The molecule has 0 spiro atoms. The van der Waals surface area contributed by atoms with Crippen molar-refractivity contribution < 1.29 is 23.9 Å². The molecule has 2 fully saturated rings. The summed E-state index contributed by atoms with van der Waals surface area (Å²) in [7, 11) is 1.56. The maximum absolute atomic E-state index is 12.9. The zero-order chi connectivity index (χ0) is 20.5. The van der Waals surface area contributed by atoms with Gasteiger partial charge in [0.2, 0.25) is 5.91 Å². The number of carbonyl (C=O) groups is 3. The van der Waals surface area contributed by atoms with Gasteiger partial charge in [-0.1, -0.05) is 0 Å². The maximum Gasteiger partial charge on any atom is 0.410 e. The number of hydrogen-bond acceptors (Lipinski definition) is 6. The molecule has 2 heterocycles. The van der Waals surface area contributed by atoms with Crippen molar-refractivity contribution in [2.45, 2.75) is 38.8 Å². The molecule has 1 unspecified atom stereocenters. The SMILES string of the molecule is COc1ccc(N2C(=O)CC(N3CCN(C(=O)OC(C)(C)C)CC3)C2=O)cc1. The van der Waals surface area contributed by atoms with Crippen LogP contribution in [0.4, 0.5) is 10.5 Å². The van der Waals surface area contributed by atoms with Crippen LogP contribution in [0.1, 0.15) is 27.2 Å². The van der Waals surface area contributed by atoms with E-state index in [2.05, 4.69) is 0 Å². The van der Waals surface area contributed by atoms with Crippen LogP contribution in [0.15, 0.2) is 24.3 Å². The molecule has 8 heteroatoms. The monoisotopic (exact) mass is 389 g/mol. The Bertz CT molecular complexity index is 748. The largest absolute Gasteiger partial charge is 0.497 e. The lowest BCUT2D eigenvalue weighted by atomic mass is 10.1. The Morgan fingerprint density at radius 2 is 1.64 bits per heavy atom. The molecule has 0 radical (unpaired) electrons. The van der Waals surface area contributed by atoms with Gasteiger partial charge in [-0.2, -0.15) is 0 Å². The summed E-state index contributed by atoms with van der Waals surface area (Å²) in [4.78, 5) is 42.4. The zero-order valence-electron chi connectivity index (χ0n) is 16.8. The summed E-state index contributed by atoms with van der Waals surface area (Å²) in [6, 6.07) is 6.37. The second-order valence-corrected chi connectivity index (χ2v) is 7.99. The number of imide groups is 1. The third-order valence-corrected chi connectivity index (χ3v) is 4.86. The molecule has 2 aliphatic heterocycles. The van der Waals surface area contributed by atoms with Gasteiger partial charge in [-0.15, -0.1) is 0 Å². The van der Waals surface area contributed by atoms with E-state index in [1.54, 1.807) is 36.3 Å². The third-order valence-electron chi connectivity index (χ3n) is 4.86. The van der Waals surface area contributed by atoms with Crippen LogP contribution in [-0.4, -0.2) is 72.6 Å². The Hall–Kier alpha value is -2.61. The molecule has 3 rings (SSSR count). The first-order valence-electron chi connectivity index (χ1n) is 9.42. The van der Waals surface area contributed by atoms with E-state index in [0.717, 1.165) is 0 Å². The molecule has 1 aromatic carbocycles. The molecule has 0 N–H and O–H groups in total. The molecule has 8 nitrogen and oxygen atoms in total. The standard InChI is InChI=1S/C20H27N3O5/c1-20(2,3)28-19(26)22-11-9-21(10-12-22)16-13-17(24)23(18(16)25)14-5-7-15(27-4)8-6-14/h5-8,16H,9-13H2,1-4H3. The summed E-state index contributed by atoms with van der Waals surface area (Å²) >= 11 is 0. The predicted octanol–water partition coefficient (Wildman–Crippen LogP) is 1.88. The lowest BCUT2D eigenvalue weighted by Crippen LogP contribution is -2.54. The van der Waals surface area contributed by atoms with E-state index in [1.807, 2.05) is 25.7 Å². The van der Waals surface area contributed by atoms with Crippen LogP contribution in [0.2, 0.25) is 0 Å². The molecule has 1 aromatic rings. The van der Waals surface area contributed by atoms with Gasteiger partial charge in [0, 0.05) is 26.2 Å². The fourth-order valence-corrected chi connectivity index (χ4v) is 3.45. The smallest absolute Gasteiger partial charge is 0.410 e. The van der Waals surface area contributed by atoms with Crippen LogP contribution in [0, 0.1) is 0 Å². The summed E-state index contributed by atoms with van der Waals surface area (Å²) in [6.45, 7) is 7.48. The highest BCUT2D eigenvalue weighted by Crippen LogP contribution is 2.28. The second kappa shape index (κ2) is 7.79. The van der Waals surface area contributed by atoms with Crippen LogP contribution < -0.4 is 9.64 Å². The first-order chi connectivity index (χ1) is 13.2. The van der Waals surface area contributed by atoms with Crippen molar-refractivity contribution in [3.05, 3.63) is 24.3 Å². The number of piperazine rings is 1. The van der Waals surface area contributed by atoms with E-state index >= 15 is 0 Å². The summed E-state index contributed by atoms with van der Waals surface area (Å²) in [5.74, 6) is 0.230. The van der Waals surface area contributed by atoms with Gasteiger partial charge in [-0.05, 0) is 45.0 Å². The van der Waals surface area contributed by atoms with Crippen molar-refractivity contribution in [2.75, 3.05) is 38.2 Å². The first kappa shape index (κ1) is 20.1. The Morgan fingerprint density at radius 1 is 1.04 bits per heavy atom. The molecule has 2 saturated heterocycles. The first-order valence-corrected chi connectivity index (χ1v) is 9.42. The molecule has 3 amide bonds. The molecular formula is C20H27N3O5. The lowest BCUT2D eigenvalue weighted by Gasteiger charge is -2.37. The van der Waals surface area contributed by atoms with Crippen molar-refractivity contribution in [1.82, 2.24) is 9.80 Å². The van der Waals surface area contributed by atoms with Crippen molar-refractivity contribution >= 4 is 23.6 Å². The van der Waals surface area contributed by atoms with Crippen molar-refractivity contribution in [2.24, 2.45) is 0 Å². The minimum Gasteiger partial charge on any atom is -0.497 e. The van der Waals surface area contributed by atoms with Crippen molar-refractivity contribution in [3.8, 4) is 5.75 Å². The van der Waals surface area contributed by atoms with Crippen LogP contribution in [0.3, 0.4) is 0 Å². The number of benzene rings is 1. The quantitative estimate of drug-likeness (QED) is 0.735. The molecule has 0 saturated carbocycles. The average Bonchev–Trinajstić information content (AvgIpc) is 2.95. The number of amides is 3. The topological polar surface area (TPSA) is 79.4 Å². The van der Waals surface area contributed by atoms with E-state index in [4.69, 9.17) is 9.47 Å². The number of nitrogens with zero attached hydrogens (tertiary/aromatic N) is 3. The van der Waals surface area contributed by atoms with Gasteiger partial charge in [0.15, 0.2) is 0 Å². The number of methoxy groups -OCH3 is 1. The van der Waals surface area contributed by atoms with Crippen LogP contribution in [0.5, 0.6) is 5.75 Å². The summed E-state index contributed by atoms with van der Waals surface area (Å²) < 4.78 is 10.5. The predicted molar refractivity (Wildman–Crippen MR) is 103 cm³/mol. The third kappa shape index (κ3) is 4.27. The van der Waals surface area contributed by atoms with Crippen LogP contribution in [-0.2, 0) is 14.3 Å². The van der Waals surface area contributed by atoms with Crippen LogP contribution in [0.25, 0.3) is 0 Å². The van der Waals surface area contributed by atoms with E-state index in [0.29, 0.717) is 37.6 Å². The molecule has 0 aromatic heterocycles. The average molecular weight is 389 g/mol. The Balaban J connectivity index is 1.62. The summed E-state index contributed by atoms with van der Waals surface area (Å²) in [5, 5.41) is 0. The molecule has 0 bridgehead atoms. The molecule has 28 heavy (non-hydrogen) atoms. The molecule has 152 valence electrons. The number of ether oxygens (including phenoxy) is 2. The van der Waals surface area contributed by atoms with Gasteiger partial charge >= 0.3 is 6.09 Å². The summed E-state index contributed by atoms with van der Waals surface area (Å²) in [5.41, 5.74) is 0.00618. The second-order valence-electron chi connectivity index (χ2n) is 7.99. The molecule has 2 aliphatic rings. The van der Waals surface area contributed by atoms with E-state index in [9.17, 15) is 14.4 Å². The summed E-state index contributed by atoms with van der Waals surface area (Å²) in [6.07, 6.45) is -0.196. The molecule has 0 aliphatic carbocycles. The Labute approximate surface area is 165 Å². The van der Waals surface area contributed by atoms with Crippen molar-refractivity contribution in [1.29, 1.82) is 0 Å². The Morgan fingerprint density at radius 3 is 2.18 bits per heavy atom. The van der Waals surface area contributed by atoms with Crippen molar-refractivity contribution in [3.63, 3.8) is 0 Å². The highest BCUT2D eigenvalue weighted by Gasteiger charge is 2.43. The highest BCUT2D eigenvalue weighted by molar-refractivity contribution is 6.22. The fraction of sp³-hybridized carbons (Fsp3) is 0.550. The normalized spacial score (nSPS) is 21.2. The van der Waals surface area contributed by atoms with Gasteiger partial charge in [0.05, 0.1) is 25.3 Å². The van der Waals surface area contributed by atoms with Gasteiger partial charge in [0.25, 0.3) is 5.91 Å². The number of anilines is 1. The van der Waals surface area contributed by atoms with E-state index in [1.165, 1.54) is 4.90 Å².